The molecule has 2 aromatic rings. The summed E-state index contributed by atoms with van der Waals surface area (Å²) in [6.07, 6.45) is 0. The number of hydrogen-bond acceptors (Lipinski definition) is 6. The Hall–Kier alpha value is -3.00. The molecule has 0 heterocycles. The summed E-state index contributed by atoms with van der Waals surface area (Å²) in [4.78, 5) is 22.4. The largest absolute Gasteiger partial charge is 0.464 e. The zero-order chi connectivity index (χ0) is 21.4. The molecule has 0 fully saturated rings. The average molecular weight is 415 g/mol. The van der Waals surface area contributed by atoms with E-state index in [0.29, 0.717) is 31.9 Å². The van der Waals surface area contributed by atoms with E-state index in [2.05, 4.69) is 10.3 Å². The Labute approximate surface area is 172 Å². The maximum atomic E-state index is 14.1. The number of esters is 1. The molecule has 0 saturated carbocycles. The molecule has 152 valence electrons. The first-order valence-corrected chi connectivity index (χ1v) is 10.4. The van der Waals surface area contributed by atoms with Crippen LogP contribution in [0.4, 0.5) is 4.39 Å². The Balaban J connectivity index is 2.30. The fraction of sp³-hybridized carbons (Fsp3) is 0.286. The number of oxime groups is 2. The van der Waals surface area contributed by atoms with E-state index in [1.54, 1.807) is 31.2 Å². The molecule has 8 heteroatoms. The van der Waals surface area contributed by atoms with Gasteiger partial charge in [-0.15, -0.1) is 0 Å². The van der Waals surface area contributed by atoms with Crippen molar-refractivity contribution in [1.82, 2.24) is 0 Å². The van der Waals surface area contributed by atoms with Gasteiger partial charge in [0.05, 0.1) is 22.3 Å². The number of halogens is 1. The second kappa shape index (κ2) is 10.5. The molecule has 0 saturated heterocycles. The number of benzene rings is 2. The zero-order valence-electron chi connectivity index (χ0n) is 17.1. The molecular formula is C21H23FN2O4Si. The van der Waals surface area contributed by atoms with Crippen molar-refractivity contribution in [1.29, 1.82) is 0 Å². The Bertz CT molecular complexity index is 944. The molecule has 0 aromatic heterocycles. The Morgan fingerprint density at radius 3 is 2.55 bits per heavy atom. The predicted octanol–water partition coefficient (Wildman–Crippen LogP) is 2.98. The summed E-state index contributed by atoms with van der Waals surface area (Å²) < 4.78 is 18.9. The highest BCUT2D eigenvalue weighted by atomic mass is 28.2. The third-order valence-electron chi connectivity index (χ3n) is 4.28. The van der Waals surface area contributed by atoms with Crippen LogP contribution in [0.15, 0.2) is 46.7 Å². The van der Waals surface area contributed by atoms with E-state index in [-0.39, 0.29) is 18.1 Å². The number of carbonyl (C=O) groups is 1. The lowest BCUT2D eigenvalue weighted by Gasteiger charge is -2.12. The minimum absolute atomic E-state index is 0.0284. The summed E-state index contributed by atoms with van der Waals surface area (Å²) >= 11 is 0. The molecule has 2 rings (SSSR count). The van der Waals surface area contributed by atoms with Gasteiger partial charge < -0.3 is 14.4 Å². The molecule has 0 unspecified atom stereocenters. The number of rotatable bonds is 8. The number of nitrogens with zero attached hydrogens (tertiary/aromatic N) is 2. The Morgan fingerprint density at radius 2 is 1.90 bits per heavy atom. The first-order chi connectivity index (χ1) is 13.9. The fourth-order valence-electron chi connectivity index (χ4n) is 2.70. The van der Waals surface area contributed by atoms with E-state index in [1.165, 1.54) is 20.3 Å². The Kier molecular flexibility index (Phi) is 8.08. The minimum Gasteiger partial charge on any atom is -0.464 e. The molecule has 2 aromatic carbocycles. The molecule has 0 atom stereocenters. The molecule has 2 radical (unpaired) electrons. The van der Waals surface area contributed by atoms with Gasteiger partial charge in [-0.3, -0.25) is 0 Å². The van der Waals surface area contributed by atoms with Gasteiger partial charge in [0.15, 0.2) is 5.71 Å². The fourth-order valence-corrected chi connectivity index (χ4v) is 3.24. The second-order valence-electron chi connectivity index (χ2n) is 6.11. The summed E-state index contributed by atoms with van der Waals surface area (Å²) in [5.74, 6) is -0.980. The number of aryl methyl sites for hydroxylation is 1. The monoisotopic (exact) mass is 414 g/mol. The number of ether oxygens (including phenoxy) is 1. The van der Waals surface area contributed by atoms with Crippen molar-refractivity contribution in [2.24, 2.45) is 10.3 Å². The first-order valence-electron chi connectivity index (χ1n) is 8.85. The zero-order valence-corrected chi connectivity index (χ0v) is 18.1. The van der Waals surface area contributed by atoms with Gasteiger partial charge >= 0.3 is 5.97 Å². The highest BCUT2D eigenvalue weighted by Crippen LogP contribution is 2.18. The third-order valence-corrected chi connectivity index (χ3v) is 5.17. The molecular weight excluding hydrogens is 391 g/mol. The average Bonchev–Trinajstić information content (AvgIpc) is 2.73. The van der Waals surface area contributed by atoms with Crippen molar-refractivity contribution in [3.63, 3.8) is 0 Å². The molecule has 0 spiro atoms. The lowest BCUT2D eigenvalue weighted by molar-refractivity contribution is -0.132. The molecule has 0 aliphatic carbocycles. The van der Waals surface area contributed by atoms with E-state index in [1.807, 2.05) is 19.5 Å². The van der Waals surface area contributed by atoms with Gasteiger partial charge in [-0.05, 0) is 25.5 Å². The van der Waals surface area contributed by atoms with Gasteiger partial charge in [-0.1, -0.05) is 52.4 Å². The van der Waals surface area contributed by atoms with Crippen LogP contribution in [0.1, 0.15) is 29.2 Å². The van der Waals surface area contributed by atoms with Crippen LogP contribution in [0.5, 0.6) is 0 Å². The highest BCUT2D eigenvalue weighted by Gasteiger charge is 2.20. The smallest absolute Gasteiger partial charge is 0.360 e. The summed E-state index contributed by atoms with van der Waals surface area (Å²) in [7, 11) is 3.17. The van der Waals surface area contributed by atoms with Gasteiger partial charge in [-0.2, -0.15) is 0 Å². The van der Waals surface area contributed by atoms with Crippen LogP contribution >= 0.6 is 0 Å². The van der Waals surface area contributed by atoms with Crippen molar-refractivity contribution in [2.75, 3.05) is 14.2 Å². The van der Waals surface area contributed by atoms with Crippen molar-refractivity contribution in [2.45, 2.75) is 27.0 Å². The van der Waals surface area contributed by atoms with Crippen LogP contribution in [0.2, 0.25) is 6.55 Å². The molecule has 0 amide bonds. The first kappa shape index (κ1) is 22.3. The van der Waals surface area contributed by atoms with Crippen LogP contribution in [0, 0.1) is 12.7 Å². The molecule has 0 bridgehead atoms. The molecule has 0 aliphatic rings. The molecule has 0 N–H and O–H groups in total. The van der Waals surface area contributed by atoms with Gasteiger partial charge in [0.1, 0.15) is 19.5 Å². The second-order valence-corrected chi connectivity index (χ2v) is 7.19. The third kappa shape index (κ3) is 5.51. The lowest BCUT2D eigenvalue weighted by atomic mass is 9.99. The SMILES string of the molecule is CO/N=C(/C(=O)OC)c1cccc(C)c1CO/N=C(\C)c1cc([Si]C)ccc1F. The summed E-state index contributed by atoms with van der Waals surface area (Å²) in [6.45, 7) is 5.66. The van der Waals surface area contributed by atoms with Crippen LogP contribution in [-0.4, -0.2) is 41.1 Å². The van der Waals surface area contributed by atoms with E-state index >= 15 is 0 Å². The van der Waals surface area contributed by atoms with Gasteiger partial charge in [-0.25, -0.2) is 9.18 Å². The maximum absolute atomic E-state index is 14.1. The predicted molar refractivity (Wildman–Crippen MR) is 111 cm³/mol. The van der Waals surface area contributed by atoms with E-state index < -0.39 is 5.97 Å². The lowest BCUT2D eigenvalue weighted by Crippen LogP contribution is -2.20. The summed E-state index contributed by atoms with van der Waals surface area (Å²) in [5.41, 5.74) is 2.96. The van der Waals surface area contributed by atoms with Crippen molar-refractivity contribution in [3.05, 3.63) is 64.5 Å². The van der Waals surface area contributed by atoms with E-state index in [0.717, 1.165) is 10.8 Å². The van der Waals surface area contributed by atoms with E-state index in [9.17, 15) is 9.18 Å². The van der Waals surface area contributed by atoms with Crippen molar-refractivity contribution in [3.8, 4) is 0 Å². The standard InChI is InChI=1S/C21H23FN2O4Si/c1-13-7-6-8-16(20(24-27-4)21(25)26-3)18(13)12-28-23-14(2)17-11-15(29-5)9-10-19(17)22/h6-11H,12H2,1-5H3/b23-14+,24-20+. The van der Waals surface area contributed by atoms with Crippen molar-refractivity contribution >= 4 is 32.1 Å². The van der Waals surface area contributed by atoms with Crippen LogP contribution in [0.25, 0.3) is 0 Å². The molecule has 29 heavy (non-hydrogen) atoms. The summed E-state index contributed by atoms with van der Waals surface area (Å²) in [6, 6.07) is 10.4. The van der Waals surface area contributed by atoms with Crippen LogP contribution in [-0.2, 0) is 25.8 Å². The number of methoxy groups -OCH3 is 1. The van der Waals surface area contributed by atoms with Gasteiger partial charge in [0, 0.05) is 16.7 Å². The quantitative estimate of drug-likeness (QED) is 0.288. The normalized spacial score (nSPS) is 11.9. The Morgan fingerprint density at radius 1 is 1.14 bits per heavy atom. The van der Waals surface area contributed by atoms with Crippen LogP contribution < -0.4 is 5.19 Å². The molecule has 0 aliphatic heterocycles. The number of carbonyl (C=O) groups excluding carboxylic acids is 1. The van der Waals surface area contributed by atoms with Crippen molar-refractivity contribution < 1.29 is 23.6 Å². The summed E-state index contributed by atoms with van der Waals surface area (Å²) in [5, 5.41) is 8.90. The molecule has 6 nitrogen and oxygen atoms in total. The van der Waals surface area contributed by atoms with Gasteiger partial charge in [0.25, 0.3) is 0 Å². The highest BCUT2D eigenvalue weighted by molar-refractivity contribution is 6.52. The van der Waals surface area contributed by atoms with Gasteiger partial charge in [0.2, 0.25) is 0 Å². The number of hydrogen-bond donors (Lipinski definition) is 0. The topological polar surface area (TPSA) is 69.5 Å². The maximum Gasteiger partial charge on any atom is 0.360 e. The minimum atomic E-state index is -0.627. The van der Waals surface area contributed by atoms with Crippen LogP contribution in [0.3, 0.4) is 0 Å². The van der Waals surface area contributed by atoms with E-state index in [4.69, 9.17) is 14.4 Å².